The number of aliphatic carboxylic acids is 1. The van der Waals surface area contributed by atoms with Gasteiger partial charge in [-0.2, -0.15) is 13.2 Å². The molecule has 2 saturated carbocycles. The third-order valence-corrected chi connectivity index (χ3v) is 11.4. The largest absolute Gasteiger partial charge is 0.490 e. The Labute approximate surface area is 314 Å². The van der Waals surface area contributed by atoms with Gasteiger partial charge in [-0.15, -0.1) is 0 Å². The van der Waals surface area contributed by atoms with Crippen molar-refractivity contribution in [3.05, 3.63) is 52.6 Å². The number of hydrogen-bond acceptors (Lipinski definition) is 8. The number of ketones is 2. The zero-order chi connectivity index (χ0) is 40.2. The van der Waals surface area contributed by atoms with E-state index < -0.39 is 40.8 Å². The molecule has 5 rings (SSSR count). The molecule has 1 amide bonds. The number of alkyl halides is 3. The van der Waals surface area contributed by atoms with E-state index >= 15 is 0 Å². The average molecular weight is 760 g/mol. The summed E-state index contributed by atoms with van der Waals surface area (Å²) in [5.41, 5.74) is 3.28. The van der Waals surface area contributed by atoms with Crippen molar-refractivity contribution in [2.24, 2.45) is 17.3 Å². The first-order valence-corrected chi connectivity index (χ1v) is 18.7. The van der Waals surface area contributed by atoms with Crippen LogP contribution in [-0.4, -0.2) is 64.9 Å². The Bertz CT molecular complexity index is 1690. The Kier molecular flexibility index (Phi) is 13.1. The fraction of sp³-hybridized carbons (Fsp3) is 0.610. The lowest BCUT2D eigenvalue weighted by atomic mass is 9.50. The molecule has 0 aliphatic heterocycles. The maximum absolute atomic E-state index is 13.5. The van der Waals surface area contributed by atoms with E-state index in [-0.39, 0.29) is 29.3 Å². The quantitative estimate of drug-likeness (QED) is 0.141. The highest BCUT2D eigenvalue weighted by Crippen LogP contribution is 2.67. The number of halogens is 3. The van der Waals surface area contributed by atoms with Crippen molar-refractivity contribution in [2.75, 3.05) is 11.4 Å². The number of aldehydes is 1. The molecule has 54 heavy (non-hydrogen) atoms. The summed E-state index contributed by atoms with van der Waals surface area (Å²) in [5, 5.41) is 7.12. The number of allylic oxidation sites excluding steroid dienone is 4. The molecule has 2 fully saturated rings. The third-order valence-electron chi connectivity index (χ3n) is 11.4. The van der Waals surface area contributed by atoms with E-state index in [9.17, 15) is 37.1 Å². The maximum atomic E-state index is 13.5. The van der Waals surface area contributed by atoms with Crippen molar-refractivity contribution in [3.63, 3.8) is 0 Å². The van der Waals surface area contributed by atoms with Gasteiger partial charge in [0.05, 0.1) is 0 Å². The van der Waals surface area contributed by atoms with Crippen molar-refractivity contribution in [3.8, 4) is 0 Å². The van der Waals surface area contributed by atoms with Crippen LogP contribution in [0.15, 0.2) is 47.1 Å². The summed E-state index contributed by atoms with van der Waals surface area (Å²) in [7, 11) is 0. The van der Waals surface area contributed by atoms with Crippen LogP contribution in [0.2, 0.25) is 0 Å². The molecule has 0 heterocycles. The van der Waals surface area contributed by atoms with Crippen molar-refractivity contribution >= 4 is 41.6 Å². The highest BCUT2D eigenvalue weighted by molar-refractivity contribution is 5.93. The molecule has 1 aromatic rings. The van der Waals surface area contributed by atoms with Gasteiger partial charge >= 0.3 is 24.2 Å². The zero-order valence-corrected chi connectivity index (χ0v) is 32.0. The zero-order valence-electron chi connectivity index (χ0n) is 32.0. The molecule has 1 aromatic carbocycles. The van der Waals surface area contributed by atoms with Gasteiger partial charge in [0.15, 0.2) is 17.2 Å². The monoisotopic (exact) mass is 759 g/mol. The normalized spacial score (nSPS) is 26.2. The SMILES string of the molecule is CC(=O)O[C@]1(C(C)=O)CC[C@H]2[C@@H]3CCC4=CC(=O)CCC4=C3[C@@H](c3ccc(N(CCCCCC=O)C(=O)OC(C)(C)C)cc3)C[C@@]21C.O=C(O)C(F)(F)F. The van der Waals surface area contributed by atoms with E-state index in [0.717, 1.165) is 68.1 Å². The number of nitrogens with zero attached hydrogens (tertiary/aromatic N) is 1. The van der Waals surface area contributed by atoms with Crippen LogP contribution in [0.5, 0.6) is 0 Å². The van der Waals surface area contributed by atoms with Crippen molar-refractivity contribution < 1.29 is 56.5 Å². The minimum Gasteiger partial charge on any atom is -0.475 e. The van der Waals surface area contributed by atoms with Crippen LogP contribution in [-0.2, 0) is 33.4 Å². The number of esters is 1. The Balaban J connectivity index is 0.000000845. The number of Topliss-reactive ketones (excluding diaryl/α,β-unsaturated/α-hetero) is 1. The summed E-state index contributed by atoms with van der Waals surface area (Å²) in [6.07, 6.45) is 5.08. The van der Waals surface area contributed by atoms with Crippen molar-refractivity contribution in [2.45, 2.75) is 135 Å². The number of amides is 1. The van der Waals surface area contributed by atoms with Gasteiger partial charge < -0.3 is 19.4 Å². The smallest absolute Gasteiger partial charge is 0.475 e. The first-order chi connectivity index (χ1) is 25.1. The van der Waals surface area contributed by atoms with Gasteiger partial charge in [-0.05, 0) is 126 Å². The Hall–Kier alpha value is -4.29. The van der Waals surface area contributed by atoms with Gasteiger partial charge in [-0.3, -0.25) is 19.3 Å². The molecule has 4 aliphatic carbocycles. The predicted octanol–water partition coefficient (Wildman–Crippen LogP) is 8.61. The molecule has 296 valence electrons. The molecule has 4 aliphatic rings. The van der Waals surface area contributed by atoms with Crippen LogP contribution < -0.4 is 4.90 Å². The summed E-state index contributed by atoms with van der Waals surface area (Å²) in [4.78, 5) is 73.1. The van der Waals surface area contributed by atoms with E-state index in [0.29, 0.717) is 32.2 Å². The van der Waals surface area contributed by atoms with Crippen LogP contribution in [0.3, 0.4) is 0 Å². The number of benzene rings is 1. The topological polar surface area (TPSA) is 144 Å². The molecule has 13 heteroatoms. The fourth-order valence-corrected chi connectivity index (χ4v) is 9.21. The Morgan fingerprint density at radius 1 is 0.981 bits per heavy atom. The summed E-state index contributed by atoms with van der Waals surface area (Å²) in [6, 6.07) is 8.12. The second-order valence-corrected chi connectivity index (χ2v) is 16.1. The lowest BCUT2D eigenvalue weighted by Crippen LogP contribution is -2.57. The molecule has 0 aromatic heterocycles. The van der Waals surface area contributed by atoms with Gasteiger partial charge in [0.25, 0.3) is 0 Å². The number of fused-ring (bicyclic) bond motifs is 4. The molecule has 0 bridgehead atoms. The lowest BCUT2D eigenvalue weighted by Gasteiger charge is -2.55. The molecule has 10 nitrogen and oxygen atoms in total. The number of rotatable bonds is 10. The fourth-order valence-electron chi connectivity index (χ4n) is 9.21. The first-order valence-electron chi connectivity index (χ1n) is 18.7. The Morgan fingerprint density at radius 3 is 2.19 bits per heavy atom. The number of carbonyl (C=O) groups excluding carboxylic acids is 5. The highest BCUT2D eigenvalue weighted by Gasteiger charge is 2.67. The number of ether oxygens (including phenoxy) is 2. The van der Waals surface area contributed by atoms with E-state index in [1.165, 1.54) is 18.1 Å². The first kappa shape index (κ1) is 42.5. The van der Waals surface area contributed by atoms with E-state index in [1.807, 2.05) is 39.0 Å². The van der Waals surface area contributed by atoms with Gasteiger partial charge in [-0.25, -0.2) is 9.59 Å². The number of carboxylic acid groups (broad SMARTS) is 1. The molecular formula is C41H52F3NO9. The minimum atomic E-state index is -5.08. The average Bonchev–Trinajstić information content (AvgIpc) is 3.37. The molecule has 1 N–H and O–H groups in total. The lowest BCUT2D eigenvalue weighted by molar-refractivity contribution is -0.192. The van der Waals surface area contributed by atoms with E-state index in [1.54, 1.807) is 11.8 Å². The number of anilines is 1. The second kappa shape index (κ2) is 16.6. The maximum Gasteiger partial charge on any atom is 0.490 e. The van der Waals surface area contributed by atoms with Gasteiger partial charge in [0.1, 0.15) is 11.9 Å². The predicted molar refractivity (Wildman–Crippen MR) is 194 cm³/mol. The van der Waals surface area contributed by atoms with Crippen LogP contribution in [0.1, 0.15) is 124 Å². The van der Waals surface area contributed by atoms with Gasteiger partial charge in [0, 0.05) is 43.3 Å². The summed E-state index contributed by atoms with van der Waals surface area (Å²) < 4.78 is 43.6. The van der Waals surface area contributed by atoms with Gasteiger partial charge in [0.2, 0.25) is 0 Å². The second-order valence-electron chi connectivity index (χ2n) is 16.1. The molecule has 0 spiro atoms. The highest BCUT2D eigenvalue weighted by atomic mass is 19.4. The standard InChI is InChI=1S/C39H51NO7.C2HF3O2/c1-25(42)39(46-26(2)43)20-19-34-32-17-13-28-23-30(44)16-18-31(28)35(32)33(24-38(34,39)6)27-11-14-29(15-12-27)40(21-9-7-8-10-22-41)36(45)47-37(3,4)5;3-2(4,5)1(6)7/h11-12,14-15,22-23,32-34H,7-10,13,16-21,24H2,1-6H3;(H,6,7)/t32-,33+,34-,38-,39-;/m0./s1. The summed E-state index contributed by atoms with van der Waals surface area (Å²) in [5.74, 6) is -2.72. The van der Waals surface area contributed by atoms with E-state index in [2.05, 4.69) is 19.1 Å². The summed E-state index contributed by atoms with van der Waals surface area (Å²) in [6.45, 7) is 11.1. The van der Waals surface area contributed by atoms with Crippen LogP contribution in [0, 0.1) is 17.3 Å². The molecular weight excluding hydrogens is 707 g/mol. The number of carboxylic acids is 1. The Morgan fingerprint density at radius 2 is 1.63 bits per heavy atom. The number of carbonyl (C=O) groups is 6. The minimum absolute atomic E-state index is 0.0343. The van der Waals surface area contributed by atoms with Crippen molar-refractivity contribution in [1.82, 2.24) is 0 Å². The van der Waals surface area contributed by atoms with Crippen LogP contribution in [0.25, 0.3) is 0 Å². The van der Waals surface area contributed by atoms with Crippen LogP contribution >= 0.6 is 0 Å². The number of hydrogen-bond donors (Lipinski definition) is 1. The third kappa shape index (κ3) is 9.14. The molecule has 5 atom stereocenters. The molecule has 0 radical (unpaired) electrons. The van der Waals surface area contributed by atoms with Gasteiger partial charge in [-0.1, -0.05) is 31.1 Å². The van der Waals surface area contributed by atoms with Crippen LogP contribution in [0.4, 0.5) is 23.7 Å². The summed E-state index contributed by atoms with van der Waals surface area (Å²) >= 11 is 0. The molecule has 0 saturated heterocycles. The van der Waals surface area contributed by atoms with Crippen molar-refractivity contribution in [1.29, 1.82) is 0 Å². The molecule has 0 unspecified atom stereocenters. The van der Waals surface area contributed by atoms with E-state index in [4.69, 9.17) is 19.4 Å². The number of unbranched alkanes of at least 4 members (excludes halogenated alkanes) is 3.